The first kappa shape index (κ1) is 13.9. The molecule has 0 aliphatic rings. The maximum Gasteiger partial charge on any atom is 0.223 e. The van der Waals surface area contributed by atoms with Crippen LogP contribution in [0.2, 0.25) is 0 Å². The van der Waals surface area contributed by atoms with Gasteiger partial charge in [0.05, 0.1) is 0 Å². The summed E-state index contributed by atoms with van der Waals surface area (Å²) in [6.45, 7) is 0.652. The summed E-state index contributed by atoms with van der Waals surface area (Å²) < 4.78 is 1.08. The molecule has 0 saturated heterocycles. The number of hydrogen-bond donors (Lipinski definition) is 1. The molecule has 0 unspecified atom stereocenters. The molecule has 4 heteroatoms. The lowest BCUT2D eigenvalue weighted by molar-refractivity contribution is -0.128. The second-order valence-corrected chi connectivity index (χ2v) is 5.59. The fourth-order valence-electron chi connectivity index (χ4n) is 1.86. The normalized spacial score (nSPS) is 10.5. The molecule has 0 fully saturated rings. The zero-order valence-corrected chi connectivity index (χ0v) is 12.7. The molecule has 2 aromatic carbocycles. The van der Waals surface area contributed by atoms with E-state index >= 15 is 0 Å². The topological polar surface area (TPSA) is 32.3 Å². The number of nitrogens with zero attached hydrogens (tertiary/aromatic N) is 1. The van der Waals surface area contributed by atoms with Crippen LogP contribution < -0.4 is 5.32 Å². The van der Waals surface area contributed by atoms with Gasteiger partial charge in [0.15, 0.2) is 0 Å². The number of halogens is 1. The van der Waals surface area contributed by atoms with E-state index in [4.69, 9.17) is 0 Å². The second kappa shape index (κ2) is 6.06. The third-order valence-corrected chi connectivity index (χ3v) is 3.46. The van der Waals surface area contributed by atoms with Crippen LogP contribution in [0.25, 0.3) is 10.8 Å². The first-order valence-electron chi connectivity index (χ1n) is 6.19. The largest absolute Gasteiger partial charge is 0.385 e. The minimum atomic E-state index is 0.136. The number of amides is 1. The Morgan fingerprint density at radius 3 is 2.58 bits per heavy atom. The van der Waals surface area contributed by atoms with Crippen molar-refractivity contribution in [2.45, 2.75) is 6.42 Å². The number of carbonyl (C=O) groups is 1. The van der Waals surface area contributed by atoms with Crippen molar-refractivity contribution in [3.63, 3.8) is 0 Å². The summed E-state index contributed by atoms with van der Waals surface area (Å²) in [7, 11) is 3.55. The molecule has 2 rings (SSSR count). The molecule has 2 aromatic rings. The van der Waals surface area contributed by atoms with Gasteiger partial charge < -0.3 is 10.2 Å². The van der Waals surface area contributed by atoms with E-state index in [9.17, 15) is 4.79 Å². The van der Waals surface area contributed by atoms with E-state index in [2.05, 4.69) is 45.5 Å². The average molecular weight is 321 g/mol. The van der Waals surface area contributed by atoms with Crippen LogP contribution in [-0.2, 0) is 4.79 Å². The van der Waals surface area contributed by atoms with Gasteiger partial charge in [-0.15, -0.1) is 0 Å². The first-order valence-corrected chi connectivity index (χ1v) is 6.99. The molecule has 0 heterocycles. The molecule has 0 aliphatic heterocycles. The molecule has 0 atom stereocenters. The summed E-state index contributed by atoms with van der Waals surface area (Å²) in [5.41, 5.74) is 1.04. The number of anilines is 1. The van der Waals surface area contributed by atoms with Crippen LogP contribution in [0.3, 0.4) is 0 Å². The van der Waals surface area contributed by atoms with Crippen LogP contribution in [0.4, 0.5) is 5.69 Å². The summed E-state index contributed by atoms with van der Waals surface area (Å²) >= 11 is 3.46. The minimum absolute atomic E-state index is 0.136. The van der Waals surface area contributed by atoms with E-state index in [0.717, 1.165) is 10.2 Å². The van der Waals surface area contributed by atoms with Gasteiger partial charge in [-0.3, -0.25) is 4.79 Å². The van der Waals surface area contributed by atoms with Crippen LogP contribution in [0.15, 0.2) is 40.9 Å². The molecule has 0 radical (unpaired) electrons. The molecule has 1 N–H and O–H groups in total. The highest BCUT2D eigenvalue weighted by Gasteiger charge is 2.03. The Morgan fingerprint density at radius 1 is 1.16 bits per heavy atom. The van der Waals surface area contributed by atoms with Crippen molar-refractivity contribution in [1.29, 1.82) is 0 Å². The van der Waals surface area contributed by atoms with Crippen LogP contribution in [0, 0.1) is 0 Å². The average Bonchev–Trinajstić information content (AvgIpc) is 2.38. The highest BCUT2D eigenvalue weighted by atomic mass is 79.9. The van der Waals surface area contributed by atoms with Crippen molar-refractivity contribution in [1.82, 2.24) is 4.90 Å². The monoisotopic (exact) mass is 320 g/mol. The Bertz CT molecular complexity index is 596. The van der Waals surface area contributed by atoms with Crippen LogP contribution in [0.5, 0.6) is 0 Å². The number of nitrogens with one attached hydrogen (secondary N) is 1. The van der Waals surface area contributed by atoms with E-state index in [-0.39, 0.29) is 5.91 Å². The van der Waals surface area contributed by atoms with Crippen molar-refractivity contribution in [2.24, 2.45) is 0 Å². The summed E-state index contributed by atoms with van der Waals surface area (Å²) in [5.74, 6) is 0.136. The molecular formula is C15H17BrN2O. The quantitative estimate of drug-likeness (QED) is 0.935. The van der Waals surface area contributed by atoms with Gasteiger partial charge in [-0.1, -0.05) is 28.1 Å². The second-order valence-electron chi connectivity index (χ2n) is 4.67. The van der Waals surface area contributed by atoms with E-state index in [0.29, 0.717) is 13.0 Å². The molecule has 3 nitrogen and oxygen atoms in total. The lowest BCUT2D eigenvalue weighted by atomic mass is 10.1. The van der Waals surface area contributed by atoms with Crippen molar-refractivity contribution >= 4 is 38.3 Å². The van der Waals surface area contributed by atoms with Gasteiger partial charge in [-0.2, -0.15) is 0 Å². The molecule has 0 saturated carbocycles. The lowest BCUT2D eigenvalue weighted by Gasteiger charge is -2.11. The van der Waals surface area contributed by atoms with Gasteiger partial charge in [0.25, 0.3) is 0 Å². The Kier molecular flexibility index (Phi) is 4.43. The van der Waals surface area contributed by atoms with Crippen molar-refractivity contribution in [3.05, 3.63) is 40.9 Å². The van der Waals surface area contributed by atoms with Gasteiger partial charge in [-0.05, 0) is 35.0 Å². The zero-order chi connectivity index (χ0) is 13.8. The highest BCUT2D eigenvalue weighted by Crippen LogP contribution is 2.22. The van der Waals surface area contributed by atoms with Crippen LogP contribution in [0.1, 0.15) is 6.42 Å². The molecule has 0 aromatic heterocycles. The van der Waals surface area contributed by atoms with Gasteiger partial charge in [0.1, 0.15) is 0 Å². The predicted octanol–water partition coefficient (Wildman–Crippen LogP) is 3.49. The fourth-order valence-corrected chi connectivity index (χ4v) is 2.24. The standard InChI is InChI=1S/C15H17BrN2O/c1-18(2)15(19)7-8-17-14-6-4-11-9-13(16)5-3-12(11)10-14/h3-6,9-10,17H,7-8H2,1-2H3. The van der Waals surface area contributed by atoms with E-state index in [1.807, 2.05) is 12.1 Å². The molecule has 19 heavy (non-hydrogen) atoms. The van der Waals surface area contributed by atoms with Crippen molar-refractivity contribution in [3.8, 4) is 0 Å². The van der Waals surface area contributed by atoms with Crippen LogP contribution in [-0.4, -0.2) is 31.4 Å². The summed E-state index contributed by atoms with van der Waals surface area (Å²) in [4.78, 5) is 13.1. The van der Waals surface area contributed by atoms with Gasteiger partial charge >= 0.3 is 0 Å². The number of carbonyl (C=O) groups excluding carboxylic acids is 1. The number of benzene rings is 2. The summed E-state index contributed by atoms with van der Waals surface area (Å²) in [6.07, 6.45) is 0.505. The van der Waals surface area contributed by atoms with Crippen molar-refractivity contribution in [2.75, 3.05) is 26.0 Å². The minimum Gasteiger partial charge on any atom is -0.385 e. The smallest absolute Gasteiger partial charge is 0.223 e. The maximum absolute atomic E-state index is 11.5. The third-order valence-electron chi connectivity index (χ3n) is 2.97. The Hall–Kier alpha value is -1.55. The fraction of sp³-hybridized carbons (Fsp3) is 0.267. The summed E-state index contributed by atoms with van der Waals surface area (Å²) in [5, 5.41) is 5.66. The van der Waals surface area contributed by atoms with Gasteiger partial charge in [0.2, 0.25) is 5.91 Å². The zero-order valence-electron chi connectivity index (χ0n) is 11.1. The SMILES string of the molecule is CN(C)C(=O)CCNc1ccc2cc(Br)ccc2c1. The first-order chi connectivity index (χ1) is 9.06. The molecule has 0 spiro atoms. The Balaban J connectivity index is 2.02. The van der Waals surface area contributed by atoms with Crippen molar-refractivity contribution < 1.29 is 4.79 Å². The Morgan fingerprint density at radius 2 is 1.84 bits per heavy atom. The third kappa shape index (κ3) is 3.70. The molecule has 1 amide bonds. The van der Waals surface area contributed by atoms with Crippen LogP contribution >= 0.6 is 15.9 Å². The molecule has 0 aliphatic carbocycles. The van der Waals surface area contributed by atoms with E-state index in [1.165, 1.54) is 10.8 Å². The molecular weight excluding hydrogens is 304 g/mol. The number of hydrogen-bond acceptors (Lipinski definition) is 2. The lowest BCUT2D eigenvalue weighted by Crippen LogP contribution is -2.23. The van der Waals surface area contributed by atoms with E-state index < -0.39 is 0 Å². The maximum atomic E-state index is 11.5. The number of fused-ring (bicyclic) bond motifs is 1. The highest BCUT2D eigenvalue weighted by molar-refractivity contribution is 9.10. The predicted molar refractivity (Wildman–Crippen MR) is 83.4 cm³/mol. The molecule has 0 bridgehead atoms. The Labute approximate surface area is 121 Å². The number of rotatable bonds is 4. The van der Waals surface area contributed by atoms with Gasteiger partial charge in [-0.25, -0.2) is 0 Å². The molecule has 100 valence electrons. The van der Waals surface area contributed by atoms with Gasteiger partial charge in [0, 0.05) is 37.2 Å². The summed E-state index contributed by atoms with van der Waals surface area (Å²) in [6, 6.07) is 12.4. The van der Waals surface area contributed by atoms with E-state index in [1.54, 1.807) is 19.0 Å².